The molecule has 0 radical (unpaired) electrons. The number of phenolic OH excluding ortho intramolecular Hbond substituents is 1. The largest absolute Gasteiger partial charge is 0.508 e. The van der Waals surface area contributed by atoms with E-state index in [-0.39, 0.29) is 77.5 Å². The third kappa shape index (κ3) is 9.41. The van der Waals surface area contributed by atoms with Crippen molar-refractivity contribution in [3.63, 3.8) is 0 Å². The van der Waals surface area contributed by atoms with Crippen LogP contribution in [-0.2, 0) is 31.9 Å². The van der Waals surface area contributed by atoms with Crippen molar-refractivity contribution in [1.29, 1.82) is 0 Å². The minimum atomic E-state index is -1.09. The van der Waals surface area contributed by atoms with E-state index in [4.69, 9.17) is 9.47 Å². The van der Waals surface area contributed by atoms with Gasteiger partial charge < -0.3 is 46.1 Å². The highest BCUT2D eigenvalue weighted by molar-refractivity contribution is 6.08. The molecule has 4 aromatic rings. The van der Waals surface area contributed by atoms with Crippen molar-refractivity contribution in [2.45, 2.75) is 128 Å². The average molecular weight is 1130 g/mol. The van der Waals surface area contributed by atoms with Gasteiger partial charge in [0, 0.05) is 53.9 Å². The van der Waals surface area contributed by atoms with Crippen molar-refractivity contribution in [2.24, 2.45) is 57.7 Å². The number of aliphatic hydroxyl groups is 2. The fourth-order valence-corrected chi connectivity index (χ4v) is 18.4. The second kappa shape index (κ2) is 21.9. The maximum Gasteiger partial charge on any atom is 0.340 e. The number of carbonyl (C=O) groups is 2. The van der Waals surface area contributed by atoms with Crippen LogP contribution in [0.1, 0.15) is 131 Å². The van der Waals surface area contributed by atoms with Gasteiger partial charge in [0.05, 0.1) is 35.4 Å². The van der Waals surface area contributed by atoms with Crippen LogP contribution in [0.25, 0.3) is 16.7 Å². The Labute approximate surface area is 495 Å². The van der Waals surface area contributed by atoms with E-state index in [1.807, 2.05) is 32.2 Å². The van der Waals surface area contributed by atoms with Crippen molar-refractivity contribution in [3.8, 4) is 28.7 Å². The zero-order chi connectivity index (χ0) is 57.5. The smallest absolute Gasteiger partial charge is 0.340 e. The highest BCUT2D eigenvalue weighted by atomic mass is 16.6. The van der Waals surface area contributed by atoms with Gasteiger partial charge in [-0.05, 0) is 214 Å². The lowest BCUT2D eigenvalue weighted by atomic mass is 9.38. The lowest BCUT2D eigenvalue weighted by Gasteiger charge is -2.62. The van der Waals surface area contributed by atoms with Gasteiger partial charge in [0.2, 0.25) is 0 Å². The number of hydrogen-bond donors (Lipinski definition) is 7. The molecule has 16 rings (SSSR count). The second-order valence-corrected chi connectivity index (χ2v) is 27.1. The zero-order valence-electron chi connectivity index (χ0n) is 49.0. The first kappa shape index (κ1) is 55.5. The maximum absolute atomic E-state index is 15.8. The Bertz CT molecular complexity index is 3510. The first-order valence-electron chi connectivity index (χ1n) is 31.6. The lowest BCUT2D eigenvalue weighted by molar-refractivity contribution is -0.135. The van der Waals surface area contributed by atoms with E-state index in [1.54, 1.807) is 6.07 Å². The lowest BCUT2D eigenvalue weighted by Crippen LogP contribution is -2.58. The number of piperidine rings is 1. The molecule has 6 heterocycles. The molecule has 11 heteroatoms. The molecule has 0 unspecified atom stereocenters. The van der Waals surface area contributed by atoms with E-state index in [1.165, 1.54) is 16.7 Å². The van der Waals surface area contributed by atoms with E-state index < -0.39 is 22.3 Å². The normalized spacial score (nSPS) is 36.1. The highest BCUT2D eigenvalue weighted by Crippen LogP contribution is 2.77. The van der Waals surface area contributed by atoms with Crippen molar-refractivity contribution in [2.75, 3.05) is 33.3 Å². The quantitative estimate of drug-likeness (QED) is 0.0536. The van der Waals surface area contributed by atoms with Crippen LogP contribution in [0.15, 0.2) is 150 Å². The molecule has 0 amide bonds. The van der Waals surface area contributed by atoms with E-state index in [2.05, 4.69) is 137 Å². The molecule has 14 atom stereocenters. The molecule has 7 N–H and O–H groups in total. The molecule has 14 bridgehead atoms. The summed E-state index contributed by atoms with van der Waals surface area (Å²) in [6.07, 6.45) is 20.1. The molecule has 4 aromatic carbocycles. The zero-order valence-corrected chi connectivity index (χ0v) is 49.0. The number of allylic oxidation sites excluding steroid dienone is 6. The van der Waals surface area contributed by atoms with E-state index in [0.717, 1.165) is 97.7 Å². The number of rotatable bonds is 7. The van der Waals surface area contributed by atoms with Crippen LogP contribution in [0, 0.1) is 69.5 Å². The number of esters is 2. The number of benzene rings is 4. The molecule has 4 fully saturated rings. The van der Waals surface area contributed by atoms with Crippen molar-refractivity contribution >= 4 is 17.5 Å². The minimum absolute atomic E-state index is 0.0410. The van der Waals surface area contributed by atoms with Gasteiger partial charge in [-0.3, -0.25) is 0 Å². The van der Waals surface area contributed by atoms with Crippen LogP contribution < -0.4 is 21.3 Å². The molecule has 2 spiro atoms. The topological polar surface area (TPSA) is 161 Å². The molecular weight excluding hydrogens is 1040 g/mol. The van der Waals surface area contributed by atoms with E-state index in [0.29, 0.717) is 73.8 Å². The molecule has 11 nitrogen and oxygen atoms in total. The molecule has 6 aliphatic carbocycles. The van der Waals surface area contributed by atoms with Gasteiger partial charge in [-0.25, -0.2) is 9.59 Å². The molecular formula is C73H82N4O7. The van der Waals surface area contributed by atoms with E-state index >= 15 is 9.59 Å². The van der Waals surface area contributed by atoms with Gasteiger partial charge >= 0.3 is 11.9 Å². The van der Waals surface area contributed by atoms with Gasteiger partial charge in [0.15, 0.2) is 0 Å². The van der Waals surface area contributed by atoms with Gasteiger partial charge in [-0.15, -0.1) is 0 Å². The number of aliphatic hydroxyl groups excluding tert-OH is 1. The number of carbonyl (C=O) groups excluding carboxylic acids is 2. The van der Waals surface area contributed by atoms with Gasteiger partial charge in [-0.2, -0.15) is 0 Å². The standard InChI is InChI=1S/C73H82N4O7/c1-4-44(33-45-11-6-5-7-12-45)36-61-73-30-21-58-63(65(73)69(81)84-61)56-39-53(79)18-19-54(56)48-15-9-16-49(37-48)59-22-29-72(58)28-20-55-60(83-68(80)64(55)67(72)73)23-27-71(52-25-32-76-62(38-52)74-3)40-51-35-47(42-78)14-10-26-70(2,82)43-77-66(57(51)41-71)50-17-8-13-46(34-50)24-31-75-59/h5-9,11-13,15-19,22-23,29,34,36-37,39,44,47,51-52,57-59,62,66-67,74-79,82H,4,20-21,24-28,30-33,35,38,40-43H2,1-3H3/b29-22+,60-23?,61-36-/t44-,47+,51+,52+,57-,58-,59-,62-,66+,67-,70-,71-,72-,73-/m0/s1. The summed E-state index contributed by atoms with van der Waals surface area (Å²) in [7, 11) is 2.04. The van der Waals surface area contributed by atoms with Gasteiger partial charge in [-0.1, -0.05) is 110 Å². The summed E-state index contributed by atoms with van der Waals surface area (Å²) in [5, 5.41) is 50.0. The number of fused-ring (bicyclic) bond motifs is 9. The minimum Gasteiger partial charge on any atom is -0.508 e. The summed E-state index contributed by atoms with van der Waals surface area (Å²) >= 11 is 0. The monoisotopic (exact) mass is 1130 g/mol. The molecule has 6 aliphatic heterocycles. The number of nitrogens with one attached hydrogen (secondary N) is 4. The van der Waals surface area contributed by atoms with Crippen LogP contribution in [-0.4, -0.2) is 72.3 Å². The van der Waals surface area contributed by atoms with Crippen molar-refractivity contribution < 1.29 is 34.4 Å². The van der Waals surface area contributed by atoms with Crippen LogP contribution in [0.3, 0.4) is 0 Å². The number of hydrogen-bond acceptors (Lipinski definition) is 11. The molecule has 12 aliphatic rings. The molecule has 0 aromatic heterocycles. The Morgan fingerprint density at radius 3 is 2.56 bits per heavy atom. The molecule has 2 saturated heterocycles. The Morgan fingerprint density at radius 1 is 0.857 bits per heavy atom. The maximum atomic E-state index is 15.8. The first-order chi connectivity index (χ1) is 40.8. The number of aromatic hydroxyl groups is 1. The average Bonchev–Trinajstić information content (AvgIpc) is 1.30. The van der Waals surface area contributed by atoms with Crippen LogP contribution in [0.4, 0.5) is 0 Å². The number of phenols is 1. The highest BCUT2D eigenvalue weighted by Gasteiger charge is 2.73. The Hall–Kier alpha value is -6.36. The third-order valence-electron chi connectivity index (χ3n) is 22.3. The molecule has 84 heavy (non-hydrogen) atoms. The summed E-state index contributed by atoms with van der Waals surface area (Å²) in [5.74, 6) is 7.28. The molecule has 436 valence electrons. The van der Waals surface area contributed by atoms with Crippen molar-refractivity contribution in [1.82, 2.24) is 21.3 Å². The van der Waals surface area contributed by atoms with E-state index in [9.17, 15) is 15.3 Å². The third-order valence-corrected chi connectivity index (χ3v) is 22.3. The fraction of sp³-hybridized carbons (Fsp3) is 0.479. The first-order valence-corrected chi connectivity index (χ1v) is 31.6. The fourth-order valence-electron chi connectivity index (χ4n) is 18.4. The molecule has 2 saturated carbocycles. The van der Waals surface area contributed by atoms with Crippen LogP contribution in [0.5, 0.6) is 5.75 Å². The predicted octanol–water partition coefficient (Wildman–Crippen LogP) is 11.3. The van der Waals surface area contributed by atoms with Crippen LogP contribution in [0.2, 0.25) is 0 Å². The van der Waals surface area contributed by atoms with Crippen LogP contribution >= 0.6 is 0 Å². The second-order valence-electron chi connectivity index (χ2n) is 27.1. The predicted molar refractivity (Wildman–Crippen MR) is 326 cm³/mol. The Balaban J connectivity index is 1.00. The Morgan fingerprint density at radius 2 is 1.71 bits per heavy atom. The summed E-state index contributed by atoms with van der Waals surface area (Å²) in [5.41, 5.74) is 7.75. The Kier molecular flexibility index (Phi) is 14.4. The summed E-state index contributed by atoms with van der Waals surface area (Å²) < 4.78 is 13.8. The SMILES string of the molecule is CC[C@H](/C=C1\OC(=O)C2=C3c4cc(O)ccc4-c4cccc(c4)[C@@H]4/C=C/[C@]56CCC7=C(C(=O)OC7=CC[C@]7([C@@H]8CCN[C@H](NC)C8)C[C@H]8C[C@H](CO)C#CC[C@](C)(O)CN[C@H](c9cccc(c9)CCN4)[C@H]8C7)[C@@H]5[C@]21CC[C@@H]36)Cc1ccccc1. The van der Waals surface area contributed by atoms with Gasteiger partial charge in [0.25, 0.3) is 0 Å². The van der Waals surface area contributed by atoms with Crippen molar-refractivity contribution in [3.05, 3.63) is 177 Å². The summed E-state index contributed by atoms with van der Waals surface area (Å²) in [4.78, 5) is 31.4. The van der Waals surface area contributed by atoms with Gasteiger partial charge in [0.1, 0.15) is 17.3 Å². The number of cyclic esters (lactones) is 1. The number of ether oxygens (including phenoxy) is 2. The summed E-state index contributed by atoms with van der Waals surface area (Å²) in [6.45, 7) is 5.96. The summed E-state index contributed by atoms with van der Waals surface area (Å²) in [6, 6.07) is 33.7. The number of β-amino-alcohol motifs (C(OH)–C–C–N with tert-alkyl or cyclic N) is 1.